The molecule has 0 fully saturated rings. The molecule has 1 heterocycles. The molecule has 1 N–H and O–H groups in total. The molecule has 2 nitrogen and oxygen atoms in total. The first kappa shape index (κ1) is 8.31. The van der Waals surface area contributed by atoms with Crippen LogP contribution in [0.1, 0.15) is 40.0 Å². The van der Waals surface area contributed by atoms with E-state index in [9.17, 15) is 0 Å². The number of allylic oxidation sites excluding steroid dienone is 2. The third kappa shape index (κ3) is 1.62. The van der Waals surface area contributed by atoms with E-state index in [1.165, 1.54) is 11.4 Å². The van der Waals surface area contributed by atoms with Gasteiger partial charge in [0.1, 0.15) is 5.70 Å². The molecule has 61 valence electrons. The van der Waals surface area contributed by atoms with Gasteiger partial charge in [0, 0.05) is 12.8 Å². The average Bonchev–Trinajstić information content (AvgIpc) is 2.46. The van der Waals surface area contributed by atoms with Crippen LogP contribution in [0.5, 0.6) is 0 Å². The van der Waals surface area contributed by atoms with Crippen LogP contribution in [0.25, 0.3) is 0 Å². The van der Waals surface area contributed by atoms with Gasteiger partial charge in [-0.3, -0.25) is 0 Å². The molecular formula is C9H16N2+. The van der Waals surface area contributed by atoms with Crippen molar-refractivity contribution >= 4 is 5.84 Å². The third-order valence-corrected chi connectivity index (χ3v) is 1.94. The van der Waals surface area contributed by atoms with Crippen molar-refractivity contribution in [3.8, 4) is 0 Å². The summed E-state index contributed by atoms with van der Waals surface area (Å²) in [4.78, 5) is 4.46. The van der Waals surface area contributed by atoms with E-state index in [-0.39, 0.29) is 0 Å². The summed E-state index contributed by atoms with van der Waals surface area (Å²) in [5, 5.41) is 3.32. The predicted octanol–water partition coefficient (Wildman–Crippen LogP) is 1.77. The van der Waals surface area contributed by atoms with Gasteiger partial charge in [0.05, 0.1) is 6.42 Å². The van der Waals surface area contributed by atoms with E-state index in [0.29, 0.717) is 0 Å². The Labute approximate surface area is 68.4 Å². The van der Waals surface area contributed by atoms with Crippen molar-refractivity contribution in [2.75, 3.05) is 0 Å². The molecule has 0 spiro atoms. The highest BCUT2D eigenvalue weighted by Crippen LogP contribution is 2.11. The molecular weight excluding hydrogens is 136 g/mol. The average molecular weight is 152 g/mol. The summed E-state index contributed by atoms with van der Waals surface area (Å²) in [6.45, 7) is 6.43. The number of rotatable bonds is 3. The van der Waals surface area contributed by atoms with Crippen molar-refractivity contribution in [2.45, 2.75) is 40.0 Å². The fraction of sp³-hybridized carbons (Fsp3) is 0.667. The Kier molecular flexibility index (Phi) is 2.69. The first-order chi connectivity index (χ1) is 5.31. The maximum Gasteiger partial charge on any atom is 0.296 e. The Morgan fingerprint density at radius 1 is 1.09 bits per heavy atom. The van der Waals surface area contributed by atoms with Gasteiger partial charge < -0.3 is 0 Å². The molecule has 2 heteroatoms. The first-order valence-electron chi connectivity index (χ1n) is 4.38. The molecule has 1 aliphatic heterocycles. The van der Waals surface area contributed by atoms with Gasteiger partial charge in [-0.15, -0.1) is 0 Å². The molecule has 0 aliphatic carbocycles. The van der Waals surface area contributed by atoms with Crippen molar-refractivity contribution in [1.82, 2.24) is 10.3 Å². The van der Waals surface area contributed by atoms with Crippen LogP contribution in [-0.2, 0) is 0 Å². The molecule has 0 aromatic heterocycles. The highest BCUT2D eigenvalue weighted by molar-refractivity contribution is 5.85. The van der Waals surface area contributed by atoms with E-state index < -0.39 is 0 Å². The maximum atomic E-state index is 4.46. The lowest BCUT2D eigenvalue weighted by molar-refractivity contribution is 0.923. The van der Waals surface area contributed by atoms with Crippen LogP contribution in [0.2, 0.25) is 0 Å². The van der Waals surface area contributed by atoms with Crippen LogP contribution in [0.3, 0.4) is 0 Å². The van der Waals surface area contributed by atoms with Crippen molar-refractivity contribution in [1.29, 1.82) is 0 Å². The Balaban J connectivity index is 2.69. The lowest BCUT2D eigenvalue weighted by atomic mass is 10.2. The number of hydrogen-bond acceptors (Lipinski definition) is 2. The van der Waals surface area contributed by atoms with Gasteiger partial charge in [-0.1, -0.05) is 20.8 Å². The second-order valence-electron chi connectivity index (χ2n) is 2.67. The molecule has 0 unspecified atom stereocenters. The molecule has 0 aromatic rings. The van der Waals surface area contributed by atoms with Crippen LogP contribution < -0.4 is 10.3 Å². The lowest BCUT2D eigenvalue weighted by Crippen LogP contribution is -2.18. The minimum absolute atomic E-state index is 1.01. The summed E-state index contributed by atoms with van der Waals surface area (Å²) < 4.78 is 0. The molecule has 0 saturated carbocycles. The summed E-state index contributed by atoms with van der Waals surface area (Å²) in [6, 6.07) is 0. The number of nitrogens with zero attached hydrogens (tertiary/aromatic N) is 1. The zero-order valence-corrected chi connectivity index (χ0v) is 7.57. The van der Waals surface area contributed by atoms with Crippen molar-refractivity contribution in [3.05, 3.63) is 11.4 Å². The number of nitrogens with one attached hydrogen (secondary N) is 1. The summed E-state index contributed by atoms with van der Waals surface area (Å²) in [5.74, 6) is 1.12. The van der Waals surface area contributed by atoms with Gasteiger partial charge >= 0.3 is 0 Å². The normalized spacial score (nSPS) is 16.8. The summed E-state index contributed by atoms with van der Waals surface area (Å²) in [5.41, 5.74) is 2.55. The number of amidine groups is 1. The van der Waals surface area contributed by atoms with Crippen LogP contribution >= 0.6 is 0 Å². The van der Waals surface area contributed by atoms with Crippen molar-refractivity contribution in [2.24, 2.45) is 0 Å². The summed E-state index contributed by atoms with van der Waals surface area (Å²) >= 11 is 0. The van der Waals surface area contributed by atoms with Gasteiger partial charge in [0.15, 0.2) is 5.70 Å². The standard InChI is InChI=1S/C9H16N2/c1-4-7-8(5-2)11-9(6-3)10-7/h10H,4-6H2,1-3H3/q+1. The number of aliphatic imine (C=N–C) groups is 1. The Morgan fingerprint density at radius 2 is 1.82 bits per heavy atom. The van der Waals surface area contributed by atoms with E-state index in [1.807, 2.05) is 0 Å². The Bertz CT molecular complexity index is 202. The van der Waals surface area contributed by atoms with Gasteiger partial charge in [0.25, 0.3) is 5.84 Å². The lowest BCUT2D eigenvalue weighted by Gasteiger charge is -1.92. The van der Waals surface area contributed by atoms with Crippen molar-refractivity contribution < 1.29 is 0 Å². The molecule has 1 aliphatic rings. The molecule has 1 rings (SSSR count). The summed E-state index contributed by atoms with van der Waals surface area (Å²) in [7, 11) is 0. The molecule has 0 aromatic carbocycles. The zero-order chi connectivity index (χ0) is 8.27. The van der Waals surface area contributed by atoms with E-state index in [4.69, 9.17) is 0 Å². The van der Waals surface area contributed by atoms with E-state index in [1.54, 1.807) is 0 Å². The summed E-state index contributed by atoms with van der Waals surface area (Å²) in [6.07, 6.45) is 3.11. The van der Waals surface area contributed by atoms with E-state index in [2.05, 4.69) is 31.1 Å². The maximum absolute atomic E-state index is 4.46. The fourth-order valence-corrected chi connectivity index (χ4v) is 1.26. The highest BCUT2D eigenvalue weighted by Gasteiger charge is 2.23. The molecule has 1 radical (unpaired) electrons. The zero-order valence-electron chi connectivity index (χ0n) is 7.57. The van der Waals surface area contributed by atoms with E-state index >= 15 is 0 Å². The molecule has 0 bridgehead atoms. The van der Waals surface area contributed by atoms with Crippen molar-refractivity contribution in [3.63, 3.8) is 0 Å². The fourth-order valence-electron chi connectivity index (χ4n) is 1.26. The molecule has 0 atom stereocenters. The molecule has 0 saturated heterocycles. The Hall–Kier alpha value is -0.790. The SMILES string of the molecule is CCC1=[N+]C(CC)=C(CC)N1. The highest BCUT2D eigenvalue weighted by atomic mass is 15.1. The van der Waals surface area contributed by atoms with Gasteiger partial charge in [-0.2, -0.15) is 0 Å². The van der Waals surface area contributed by atoms with Crippen LogP contribution in [0.15, 0.2) is 11.4 Å². The predicted molar refractivity (Wildman–Crippen MR) is 48.2 cm³/mol. The molecule has 0 amide bonds. The number of hydrogen-bond donors (Lipinski definition) is 1. The van der Waals surface area contributed by atoms with Crippen LogP contribution in [0, 0.1) is 0 Å². The topological polar surface area (TPSA) is 26.1 Å². The van der Waals surface area contributed by atoms with Crippen LogP contribution in [-0.4, -0.2) is 5.84 Å². The van der Waals surface area contributed by atoms with Gasteiger partial charge in [-0.05, 0) is 4.99 Å². The first-order valence-corrected chi connectivity index (χ1v) is 4.38. The smallest absolute Gasteiger partial charge is 0.241 e. The minimum Gasteiger partial charge on any atom is -0.241 e. The van der Waals surface area contributed by atoms with Gasteiger partial charge in [-0.25, -0.2) is 5.32 Å². The largest absolute Gasteiger partial charge is 0.296 e. The second-order valence-corrected chi connectivity index (χ2v) is 2.67. The van der Waals surface area contributed by atoms with E-state index in [0.717, 1.165) is 25.1 Å². The van der Waals surface area contributed by atoms with Gasteiger partial charge in [0.2, 0.25) is 0 Å². The van der Waals surface area contributed by atoms with Crippen LogP contribution in [0.4, 0.5) is 0 Å². The second kappa shape index (κ2) is 3.56. The molecule has 11 heavy (non-hydrogen) atoms. The monoisotopic (exact) mass is 152 g/mol. The third-order valence-electron chi connectivity index (χ3n) is 1.94. The minimum atomic E-state index is 1.01. The Morgan fingerprint density at radius 3 is 2.18 bits per heavy atom. The quantitative estimate of drug-likeness (QED) is 0.655.